The maximum absolute atomic E-state index is 11.1. The van der Waals surface area contributed by atoms with Gasteiger partial charge in [0.05, 0.1) is 0 Å². The average Bonchev–Trinajstić information content (AvgIpc) is 2.72. The van der Waals surface area contributed by atoms with Crippen LogP contribution in [-0.4, -0.2) is 62.0 Å². The third kappa shape index (κ3) is 9.36. The van der Waals surface area contributed by atoms with Crippen LogP contribution in [-0.2, 0) is 13.9 Å². The van der Waals surface area contributed by atoms with Crippen LogP contribution in [0.25, 0.3) is 0 Å². The molecule has 2 heterocycles. The van der Waals surface area contributed by atoms with Crippen molar-refractivity contribution in [1.29, 1.82) is 0 Å². The summed E-state index contributed by atoms with van der Waals surface area (Å²) in [4.78, 5) is 7.38. The van der Waals surface area contributed by atoms with Crippen LogP contribution in [0.3, 0.4) is 0 Å². The van der Waals surface area contributed by atoms with Gasteiger partial charge in [0.15, 0.2) is 8.32 Å². The van der Waals surface area contributed by atoms with Crippen LogP contribution in [0.1, 0.15) is 93.4 Å². The number of hydrogen-bond acceptors (Lipinski definition) is 4. The number of allylic oxidation sites excluding steroid dienone is 1. The number of rotatable bonds is 10. The van der Waals surface area contributed by atoms with Gasteiger partial charge in [0.25, 0.3) is 0 Å². The number of hydrogen-bond donors (Lipinski definition) is 1. The van der Waals surface area contributed by atoms with Gasteiger partial charge in [0.1, 0.15) is 0 Å². The Balaban J connectivity index is 2.07. The zero-order valence-corrected chi connectivity index (χ0v) is 29.7. The molecule has 2 saturated heterocycles. The summed E-state index contributed by atoms with van der Waals surface area (Å²) in [6.07, 6.45) is 9.08. The third-order valence-corrected chi connectivity index (χ3v) is 17.1. The summed E-state index contributed by atoms with van der Waals surface area (Å²) in [7, 11) is -1.83. The monoisotopic (exact) mass is 632 g/mol. The molecule has 0 saturated carbocycles. The van der Waals surface area contributed by atoms with Gasteiger partial charge in [-0.2, -0.15) is 0 Å². The molecule has 212 valence electrons. The summed E-state index contributed by atoms with van der Waals surface area (Å²) >= 11 is -1.91. The van der Waals surface area contributed by atoms with Crippen molar-refractivity contribution in [3.63, 3.8) is 0 Å². The molecule has 2 aliphatic heterocycles. The van der Waals surface area contributed by atoms with Crippen molar-refractivity contribution in [3.05, 3.63) is 10.2 Å². The van der Waals surface area contributed by atoms with E-state index < -0.39 is 32.5 Å². The Morgan fingerprint density at radius 2 is 1.75 bits per heavy atom. The van der Waals surface area contributed by atoms with E-state index in [2.05, 4.69) is 86.5 Å². The van der Waals surface area contributed by atoms with Crippen LogP contribution in [0.4, 0.5) is 0 Å². The molecule has 0 aromatic rings. The van der Waals surface area contributed by atoms with Gasteiger partial charge in [-0.25, -0.2) is 0 Å². The molecular weight excluding hydrogens is 571 g/mol. The van der Waals surface area contributed by atoms with E-state index in [9.17, 15) is 5.11 Å². The zero-order valence-electron chi connectivity index (χ0n) is 25.8. The Labute approximate surface area is 229 Å². The minimum absolute atomic E-state index is 0.0457. The van der Waals surface area contributed by atoms with Gasteiger partial charge in [-0.3, -0.25) is 0 Å². The molecule has 0 aliphatic carbocycles. The Hall–Kier alpha value is 0.596. The first-order valence-electron chi connectivity index (χ1n) is 14.8. The van der Waals surface area contributed by atoms with E-state index in [-0.39, 0.29) is 35.4 Å². The van der Waals surface area contributed by atoms with Crippen molar-refractivity contribution in [2.24, 2.45) is 17.8 Å². The molecule has 4 nitrogen and oxygen atoms in total. The standard InChI is InChI=1S/C27H51O4Si.3CH3.Sn/c1-11-22(12-2)13-14-24-21(5)23(28)18-27(29-24)16-15-19(3)25(30-27)17-20(4)31-32(9,10)26(6,7)8;;;;/h1,11,19-25,28H,12-18H2,2-10H3;3*1H3;/t19-,20+,21-,22+,23-,24-,25-,27+;;;;/m0..../s1. The number of ether oxygens (including phenoxy) is 2. The van der Waals surface area contributed by atoms with Crippen molar-refractivity contribution in [2.75, 3.05) is 0 Å². The second-order valence-corrected chi connectivity index (χ2v) is 34.0. The molecule has 1 spiro atoms. The Bertz CT molecular complexity index is 713. The van der Waals surface area contributed by atoms with Crippen molar-refractivity contribution < 1.29 is 19.0 Å². The molecule has 2 rings (SSSR count). The molecule has 1 N–H and O–H groups in total. The van der Waals surface area contributed by atoms with Crippen LogP contribution in [0.5, 0.6) is 0 Å². The fourth-order valence-corrected chi connectivity index (χ4v) is 9.28. The minimum atomic E-state index is -1.91. The van der Waals surface area contributed by atoms with E-state index in [0.29, 0.717) is 18.3 Å². The van der Waals surface area contributed by atoms with Gasteiger partial charge >= 0.3 is 172 Å². The first-order valence-corrected chi connectivity index (χ1v) is 27.9. The maximum atomic E-state index is 11.1. The van der Waals surface area contributed by atoms with Crippen LogP contribution in [0.15, 0.2) is 10.2 Å². The first kappa shape index (κ1) is 32.8. The third-order valence-electron chi connectivity index (χ3n) is 9.14. The van der Waals surface area contributed by atoms with E-state index in [1.807, 2.05) is 0 Å². The summed E-state index contributed by atoms with van der Waals surface area (Å²) in [5.41, 5.74) is 0. The summed E-state index contributed by atoms with van der Waals surface area (Å²) < 4.78 is 22.9. The molecule has 6 heteroatoms. The zero-order chi connectivity index (χ0) is 27.5. The second-order valence-electron chi connectivity index (χ2n) is 14.8. The van der Waals surface area contributed by atoms with Crippen LogP contribution >= 0.6 is 0 Å². The van der Waals surface area contributed by atoms with Gasteiger partial charge in [-0.1, -0.05) is 20.8 Å². The molecule has 0 aromatic heterocycles. The van der Waals surface area contributed by atoms with Crippen molar-refractivity contribution >= 4 is 26.7 Å². The summed E-state index contributed by atoms with van der Waals surface area (Å²) in [5, 5.41) is 11.3. The van der Waals surface area contributed by atoms with Crippen LogP contribution < -0.4 is 0 Å². The Morgan fingerprint density at radius 1 is 1.14 bits per heavy atom. The average molecular weight is 632 g/mol. The summed E-state index contributed by atoms with van der Waals surface area (Å²) in [6, 6.07) is 0. The second kappa shape index (κ2) is 12.8. The quantitative estimate of drug-likeness (QED) is 0.247. The number of aliphatic hydroxyl groups is 1. The van der Waals surface area contributed by atoms with E-state index in [1.165, 1.54) is 0 Å². The first-order chi connectivity index (χ1) is 16.4. The van der Waals surface area contributed by atoms with Crippen LogP contribution in [0, 0.1) is 17.8 Å². The molecule has 0 bridgehead atoms. The molecule has 36 heavy (non-hydrogen) atoms. The molecule has 8 atom stereocenters. The van der Waals surface area contributed by atoms with Gasteiger partial charge in [0.2, 0.25) is 0 Å². The normalized spacial score (nSPS) is 34.3. The van der Waals surface area contributed by atoms with Crippen molar-refractivity contribution in [3.8, 4) is 0 Å². The predicted molar refractivity (Wildman–Crippen MR) is 159 cm³/mol. The predicted octanol–water partition coefficient (Wildman–Crippen LogP) is 8.32. The summed E-state index contributed by atoms with van der Waals surface area (Å²) in [5.74, 6) is 0.559. The molecule has 0 radical (unpaired) electrons. The fraction of sp³-hybridized carbons (Fsp3) is 0.933. The molecule has 2 aliphatic rings. The molecular formula is C30H60O4SiSn. The number of aliphatic hydroxyl groups excluding tert-OH is 1. The fourth-order valence-electron chi connectivity index (χ4n) is 5.40. The van der Waals surface area contributed by atoms with E-state index in [1.54, 1.807) is 0 Å². The Kier molecular flexibility index (Phi) is 11.7. The van der Waals surface area contributed by atoms with Crippen molar-refractivity contribution in [1.82, 2.24) is 0 Å². The van der Waals surface area contributed by atoms with Crippen molar-refractivity contribution in [2.45, 2.75) is 157 Å². The molecule has 2 fully saturated rings. The molecule has 0 aromatic carbocycles. The topological polar surface area (TPSA) is 47.9 Å². The van der Waals surface area contributed by atoms with Gasteiger partial charge in [-0.05, 0) is 25.1 Å². The Morgan fingerprint density at radius 3 is 2.31 bits per heavy atom. The molecule has 0 unspecified atom stereocenters. The van der Waals surface area contributed by atoms with Crippen LogP contribution in [0.2, 0.25) is 33.0 Å². The summed E-state index contributed by atoms with van der Waals surface area (Å²) in [6.45, 7) is 20.5. The van der Waals surface area contributed by atoms with Gasteiger partial charge < -0.3 is 4.43 Å². The SMILES string of the molecule is CC[C@@H](/C=[CH]/[Sn]([CH3])([CH3])[CH3])CC[C@@H]1O[C@@]2(CC[C@H](C)[C@H](C[C@@H](C)O[Si](C)(C)C(C)(C)C)O2)C[C@H](O)[C@@H]1C. The van der Waals surface area contributed by atoms with E-state index in [4.69, 9.17) is 13.9 Å². The van der Waals surface area contributed by atoms with E-state index >= 15 is 0 Å². The van der Waals surface area contributed by atoms with E-state index in [0.717, 1.165) is 38.5 Å². The van der Waals surface area contributed by atoms with Gasteiger partial charge in [-0.15, -0.1) is 0 Å². The van der Waals surface area contributed by atoms with Gasteiger partial charge in [0, 0.05) is 0 Å². The molecule has 0 amide bonds.